The van der Waals surface area contributed by atoms with E-state index in [0.717, 1.165) is 64.0 Å². The van der Waals surface area contributed by atoms with Crippen LogP contribution in [0.5, 0.6) is 0 Å². The second kappa shape index (κ2) is 7.23. The molecule has 1 saturated heterocycles. The van der Waals surface area contributed by atoms with Crippen molar-refractivity contribution in [1.29, 1.82) is 0 Å². The molecule has 0 saturated carbocycles. The fraction of sp³-hybridized carbons (Fsp3) is 0.500. The molecule has 0 unspecified atom stereocenters. The minimum absolute atomic E-state index is 0.259. The van der Waals surface area contributed by atoms with Crippen LogP contribution in [0, 0.1) is 0 Å². The number of carbonyl (C=O) groups is 1. The lowest BCUT2D eigenvalue weighted by atomic mass is 10.2. The molecule has 0 bridgehead atoms. The first kappa shape index (κ1) is 16.1. The molecule has 4 heterocycles. The lowest BCUT2D eigenvalue weighted by Gasteiger charge is -2.36. The van der Waals surface area contributed by atoms with E-state index in [4.69, 9.17) is 0 Å². The Hall–Kier alpha value is -2.41. The van der Waals surface area contributed by atoms with Gasteiger partial charge in [0.05, 0.1) is 6.54 Å². The highest BCUT2D eigenvalue weighted by Gasteiger charge is 2.23. The highest BCUT2D eigenvalue weighted by Crippen LogP contribution is 2.14. The third-order valence-corrected chi connectivity index (χ3v) is 5.07. The number of aromatic nitrogens is 3. The first-order chi connectivity index (χ1) is 12.3. The maximum Gasteiger partial charge on any atom is 0.223 e. The Morgan fingerprint density at radius 2 is 1.88 bits per heavy atom. The van der Waals surface area contributed by atoms with Crippen LogP contribution in [0.3, 0.4) is 0 Å². The molecule has 2 aliphatic rings. The number of hydrogen-bond donors (Lipinski definition) is 0. The first-order valence-electron chi connectivity index (χ1n) is 8.96. The van der Waals surface area contributed by atoms with E-state index in [0.29, 0.717) is 6.42 Å². The van der Waals surface area contributed by atoms with Crippen LogP contribution in [0.1, 0.15) is 12.2 Å². The molecule has 0 N–H and O–H groups in total. The predicted molar refractivity (Wildman–Crippen MR) is 95.2 cm³/mol. The highest BCUT2D eigenvalue weighted by atomic mass is 16.2. The summed E-state index contributed by atoms with van der Waals surface area (Å²) in [5.74, 6) is 2.36. The lowest BCUT2D eigenvalue weighted by Crippen LogP contribution is -2.49. The topological polar surface area (TPSA) is 57.5 Å². The quantitative estimate of drug-likeness (QED) is 0.825. The van der Waals surface area contributed by atoms with Gasteiger partial charge in [0, 0.05) is 70.8 Å². The van der Waals surface area contributed by atoms with Gasteiger partial charge in [0.25, 0.3) is 0 Å². The number of imidazole rings is 1. The van der Waals surface area contributed by atoms with Gasteiger partial charge in [-0.1, -0.05) is 6.07 Å². The number of pyridine rings is 1. The van der Waals surface area contributed by atoms with Crippen molar-refractivity contribution < 1.29 is 4.79 Å². The van der Waals surface area contributed by atoms with Gasteiger partial charge in [-0.15, -0.1) is 0 Å². The summed E-state index contributed by atoms with van der Waals surface area (Å²) in [5, 5.41) is 0. The maximum atomic E-state index is 12.5. The molecule has 0 atom stereocenters. The molecule has 0 aromatic carbocycles. The normalized spacial score (nSPS) is 18.2. The van der Waals surface area contributed by atoms with Crippen LogP contribution in [0.2, 0.25) is 0 Å². The minimum Gasteiger partial charge on any atom is -0.353 e. The van der Waals surface area contributed by atoms with E-state index in [1.165, 1.54) is 0 Å². The van der Waals surface area contributed by atoms with Gasteiger partial charge in [-0.2, -0.15) is 0 Å². The van der Waals surface area contributed by atoms with Crippen molar-refractivity contribution in [1.82, 2.24) is 24.3 Å². The van der Waals surface area contributed by atoms with Gasteiger partial charge < -0.3 is 14.4 Å². The van der Waals surface area contributed by atoms with E-state index >= 15 is 0 Å². The van der Waals surface area contributed by atoms with Crippen LogP contribution >= 0.6 is 0 Å². The zero-order chi connectivity index (χ0) is 17.1. The van der Waals surface area contributed by atoms with Crippen LogP contribution in [0.15, 0.2) is 36.8 Å². The highest BCUT2D eigenvalue weighted by molar-refractivity contribution is 5.76. The predicted octanol–water partition coefficient (Wildman–Crippen LogP) is 0.833. The number of rotatable bonds is 4. The number of piperazine rings is 1. The molecule has 132 valence electrons. The molecular formula is C18H24N6O. The van der Waals surface area contributed by atoms with Crippen LogP contribution < -0.4 is 4.90 Å². The average molecular weight is 340 g/mol. The molecule has 25 heavy (non-hydrogen) atoms. The smallest absolute Gasteiger partial charge is 0.223 e. The van der Waals surface area contributed by atoms with Gasteiger partial charge >= 0.3 is 0 Å². The van der Waals surface area contributed by atoms with Crippen LogP contribution in [-0.4, -0.2) is 69.5 Å². The van der Waals surface area contributed by atoms with E-state index in [-0.39, 0.29) is 5.91 Å². The monoisotopic (exact) mass is 340 g/mol. The standard InChI is InChI=1S/C18H24N6O/c25-18(4-7-21-9-10-22-8-6-20-17(22)15-21)24-13-11-23(12-14-24)16-3-1-2-5-19-16/h1-3,5-6,8H,4,7,9-15H2. The van der Waals surface area contributed by atoms with Crippen molar-refractivity contribution >= 4 is 11.7 Å². The maximum absolute atomic E-state index is 12.5. The van der Waals surface area contributed by atoms with Gasteiger partial charge in [0.15, 0.2) is 0 Å². The zero-order valence-electron chi connectivity index (χ0n) is 14.4. The molecule has 2 aliphatic heterocycles. The van der Waals surface area contributed by atoms with Crippen LogP contribution in [0.25, 0.3) is 0 Å². The van der Waals surface area contributed by atoms with Crippen molar-refractivity contribution in [3.05, 3.63) is 42.6 Å². The average Bonchev–Trinajstić information content (AvgIpc) is 3.15. The fourth-order valence-electron chi connectivity index (χ4n) is 3.55. The molecule has 0 spiro atoms. The number of anilines is 1. The zero-order valence-corrected chi connectivity index (χ0v) is 14.4. The first-order valence-corrected chi connectivity index (χ1v) is 8.96. The van der Waals surface area contributed by atoms with E-state index < -0.39 is 0 Å². The molecule has 1 fully saturated rings. The summed E-state index contributed by atoms with van der Waals surface area (Å²) < 4.78 is 2.19. The van der Waals surface area contributed by atoms with Gasteiger partial charge in [0.2, 0.25) is 5.91 Å². The molecule has 7 heteroatoms. The molecule has 2 aromatic rings. The summed E-state index contributed by atoms with van der Waals surface area (Å²) in [5.41, 5.74) is 0. The van der Waals surface area contributed by atoms with Crippen molar-refractivity contribution in [2.75, 3.05) is 44.2 Å². The van der Waals surface area contributed by atoms with E-state index in [2.05, 4.69) is 24.3 Å². The second-order valence-corrected chi connectivity index (χ2v) is 6.62. The Morgan fingerprint density at radius 3 is 2.68 bits per heavy atom. The second-order valence-electron chi connectivity index (χ2n) is 6.62. The summed E-state index contributed by atoms with van der Waals surface area (Å²) in [6.07, 6.45) is 6.28. The SMILES string of the molecule is O=C(CCN1CCn2ccnc2C1)N1CCN(c2ccccn2)CC1. The third kappa shape index (κ3) is 3.66. The van der Waals surface area contributed by atoms with Crippen molar-refractivity contribution in [2.45, 2.75) is 19.5 Å². The Balaban J connectivity index is 1.23. The number of fused-ring (bicyclic) bond motifs is 1. The number of amides is 1. The summed E-state index contributed by atoms with van der Waals surface area (Å²) in [4.78, 5) is 27.8. The molecule has 1 amide bonds. The Morgan fingerprint density at radius 1 is 1.00 bits per heavy atom. The van der Waals surface area contributed by atoms with E-state index in [1.807, 2.05) is 41.7 Å². The van der Waals surface area contributed by atoms with E-state index in [9.17, 15) is 4.79 Å². The summed E-state index contributed by atoms with van der Waals surface area (Å²) in [7, 11) is 0. The van der Waals surface area contributed by atoms with Gasteiger partial charge in [-0.25, -0.2) is 9.97 Å². The number of nitrogens with zero attached hydrogens (tertiary/aromatic N) is 6. The van der Waals surface area contributed by atoms with Crippen LogP contribution in [0.4, 0.5) is 5.82 Å². The molecule has 4 rings (SSSR count). The number of hydrogen-bond acceptors (Lipinski definition) is 5. The molecule has 7 nitrogen and oxygen atoms in total. The summed E-state index contributed by atoms with van der Waals surface area (Å²) >= 11 is 0. The third-order valence-electron chi connectivity index (χ3n) is 5.07. The summed E-state index contributed by atoms with van der Waals surface area (Å²) in [6, 6.07) is 5.96. The van der Waals surface area contributed by atoms with Crippen molar-refractivity contribution in [3.8, 4) is 0 Å². The lowest BCUT2D eigenvalue weighted by molar-refractivity contribution is -0.131. The minimum atomic E-state index is 0.259. The Bertz CT molecular complexity index is 707. The molecule has 0 radical (unpaired) electrons. The Labute approximate surface area is 147 Å². The molecule has 2 aromatic heterocycles. The number of carbonyl (C=O) groups excluding carboxylic acids is 1. The molecular weight excluding hydrogens is 316 g/mol. The van der Waals surface area contributed by atoms with Gasteiger partial charge in [-0.05, 0) is 12.1 Å². The summed E-state index contributed by atoms with van der Waals surface area (Å²) in [6.45, 7) is 6.86. The van der Waals surface area contributed by atoms with Crippen LogP contribution in [-0.2, 0) is 17.9 Å². The van der Waals surface area contributed by atoms with Crippen molar-refractivity contribution in [2.24, 2.45) is 0 Å². The Kier molecular flexibility index (Phi) is 4.65. The largest absolute Gasteiger partial charge is 0.353 e. The van der Waals surface area contributed by atoms with Gasteiger partial charge in [0.1, 0.15) is 11.6 Å². The molecule has 0 aliphatic carbocycles. The van der Waals surface area contributed by atoms with Crippen molar-refractivity contribution in [3.63, 3.8) is 0 Å². The fourth-order valence-corrected chi connectivity index (χ4v) is 3.55. The van der Waals surface area contributed by atoms with E-state index in [1.54, 1.807) is 0 Å². The van der Waals surface area contributed by atoms with Gasteiger partial charge in [-0.3, -0.25) is 9.69 Å².